The number of ether oxygens (including phenoxy) is 1. The van der Waals surface area contributed by atoms with E-state index in [0.717, 1.165) is 16.9 Å². The first-order chi connectivity index (χ1) is 19.2. The maximum Gasteiger partial charge on any atom is 0.329 e. The largest absolute Gasteiger partial charge is 0.497 e. The molecule has 1 aliphatic heterocycles. The summed E-state index contributed by atoms with van der Waals surface area (Å²) in [5.41, 5.74) is 3.30. The molecule has 2 atom stereocenters. The van der Waals surface area contributed by atoms with Gasteiger partial charge in [0.05, 0.1) is 38.2 Å². The quantitative estimate of drug-likeness (QED) is 0.290. The number of halogens is 1. The first-order valence-electron chi connectivity index (χ1n) is 12.6. The molecule has 1 aliphatic rings. The number of nitrogens with zero attached hydrogens (tertiary/aromatic N) is 6. The molecule has 40 heavy (non-hydrogen) atoms. The normalized spacial score (nSPS) is 14.2. The lowest BCUT2D eigenvalue weighted by Gasteiger charge is -2.25. The third-order valence-corrected chi connectivity index (χ3v) is 6.87. The number of hydrogen-bond donors (Lipinski definition) is 3. The molecule has 3 aromatic heterocycles. The Morgan fingerprint density at radius 3 is 2.75 bits per heavy atom. The first kappa shape index (κ1) is 26.8. The van der Waals surface area contributed by atoms with Crippen LogP contribution in [0.25, 0.3) is 11.3 Å². The standard InChI is InChI=1S/C27H29FN8O4/c1-15-11-29-26(32-23-5-6-30-34(23)3)33-24(15)18-8-20-13-35(27(39)36(20)12-18)16(2)25(38)31-22(14-37)17-7-19(28)10-21(9-17)40-4/h5-12,16,22,37H,13-14H2,1-4H3,(H,31,38)(H,29,32,33)/t16-,22+/m0/s1. The fourth-order valence-electron chi connectivity index (χ4n) is 4.60. The zero-order valence-electron chi connectivity index (χ0n) is 22.4. The molecule has 0 aliphatic carbocycles. The Morgan fingerprint density at radius 1 is 1.27 bits per heavy atom. The molecule has 1 aromatic carbocycles. The number of benzene rings is 1. The predicted molar refractivity (Wildman–Crippen MR) is 143 cm³/mol. The zero-order valence-corrected chi connectivity index (χ0v) is 22.4. The van der Waals surface area contributed by atoms with Crippen LogP contribution in [0.15, 0.2) is 48.9 Å². The number of carbonyl (C=O) groups is 2. The van der Waals surface area contributed by atoms with E-state index >= 15 is 0 Å². The Hall–Kier alpha value is -4.78. The highest BCUT2D eigenvalue weighted by Gasteiger charge is 2.35. The predicted octanol–water partition coefficient (Wildman–Crippen LogP) is 2.90. The van der Waals surface area contributed by atoms with Gasteiger partial charge in [-0.2, -0.15) is 5.10 Å². The number of aliphatic hydroxyl groups excluding tert-OH is 1. The summed E-state index contributed by atoms with van der Waals surface area (Å²) >= 11 is 0. The Morgan fingerprint density at radius 2 is 2.08 bits per heavy atom. The number of methoxy groups -OCH3 is 1. The average molecular weight is 549 g/mol. The van der Waals surface area contributed by atoms with Crippen LogP contribution in [0.2, 0.25) is 0 Å². The highest BCUT2D eigenvalue weighted by atomic mass is 19.1. The van der Waals surface area contributed by atoms with Crippen LogP contribution in [-0.4, -0.2) is 66.0 Å². The van der Waals surface area contributed by atoms with Gasteiger partial charge in [-0.25, -0.2) is 19.2 Å². The van der Waals surface area contributed by atoms with E-state index < -0.39 is 30.4 Å². The summed E-state index contributed by atoms with van der Waals surface area (Å²) in [5, 5.41) is 19.8. The molecular formula is C27H29FN8O4. The molecule has 2 amide bonds. The van der Waals surface area contributed by atoms with E-state index in [1.54, 1.807) is 43.3 Å². The third kappa shape index (κ3) is 5.10. The summed E-state index contributed by atoms with van der Waals surface area (Å²) < 4.78 is 22.2. The second-order valence-electron chi connectivity index (χ2n) is 9.53. The summed E-state index contributed by atoms with van der Waals surface area (Å²) in [7, 11) is 3.20. The molecule has 0 radical (unpaired) electrons. The first-order valence-corrected chi connectivity index (χ1v) is 12.6. The van der Waals surface area contributed by atoms with Crippen molar-refractivity contribution in [3.8, 4) is 17.0 Å². The molecule has 4 heterocycles. The Kier molecular flexibility index (Phi) is 7.22. The molecule has 0 saturated carbocycles. The number of anilines is 2. The topological polar surface area (TPSA) is 139 Å². The molecule has 208 valence electrons. The van der Waals surface area contributed by atoms with Crippen LogP contribution in [0.1, 0.15) is 29.8 Å². The van der Waals surface area contributed by atoms with Crippen molar-refractivity contribution in [3.05, 3.63) is 71.6 Å². The van der Waals surface area contributed by atoms with Crippen molar-refractivity contribution in [2.75, 3.05) is 19.0 Å². The van der Waals surface area contributed by atoms with Gasteiger partial charge in [0.25, 0.3) is 0 Å². The van der Waals surface area contributed by atoms with E-state index in [0.29, 0.717) is 22.9 Å². The lowest BCUT2D eigenvalue weighted by Crippen LogP contribution is -2.47. The van der Waals surface area contributed by atoms with Gasteiger partial charge in [-0.1, -0.05) is 0 Å². The van der Waals surface area contributed by atoms with Crippen LogP contribution in [-0.2, 0) is 18.4 Å². The highest BCUT2D eigenvalue weighted by molar-refractivity contribution is 5.90. The van der Waals surface area contributed by atoms with E-state index in [1.807, 2.05) is 13.0 Å². The van der Waals surface area contributed by atoms with E-state index in [2.05, 4.69) is 25.7 Å². The van der Waals surface area contributed by atoms with Crippen molar-refractivity contribution in [1.82, 2.24) is 34.5 Å². The van der Waals surface area contributed by atoms with Gasteiger partial charge in [0.15, 0.2) is 0 Å². The SMILES string of the molecule is COc1cc(F)cc([C@@H](CO)NC(=O)[C@H](C)N2Cc3cc(-c4nc(Nc5ccnn5C)ncc4C)cn3C2=O)c1. The van der Waals surface area contributed by atoms with Crippen molar-refractivity contribution in [2.24, 2.45) is 7.05 Å². The van der Waals surface area contributed by atoms with E-state index in [4.69, 9.17) is 4.74 Å². The minimum atomic E-state index is -0.877. The van der Waals surface area contributed by atoms with Gasteiger partial charge >= 0.3 is 6.03 Å². The second kappa shape index (κ2) is 10.8. The zero-order chi connectivity index (χ0) is 28.6. The van der Waals surface area contributed by atoms with Crippen molar-refractivity contribution in [3.63, 3.8) is 0 Å². The number of aryl methyl sites for hydroxylation is 2. The number of amides is 2. The number of hydrogen-bond acceptors (Lipinski definition) is 8. The summed E-state index contributed by atoms with van der Waals surface area (Å²) in [5.74, 6) is 0.340. The van der Waals surface area contributed by atoms with Gasteiger partial charge in [0, 0.05) is 42.8 Å². The van der Waals surface area contributed by atoms with Gasteiger partial charge in [0.1, 0.15) is 23.4 Å². The lowest BCUT2D eigenvalue weighted by molar-refractivity contribution is -0.126. The molecule has 0 bridgehead atoms. The summed E-state index contributed by atoms with van der Waals surface area (Å²) in [6, 6.07) is 5.53. The van der Waals surface area contributed by atoms with Crippen molar-refractivity contribution in [1.29, 1.82) is 0 Å². The Balaban J connectivity index is 1.30. The van der Waals surface area contributed by atoms with Crippen LogP contribution in [0.4, 0.5) is 21.0 Å². The molecule has 4 aromatic rings. The minimum Gasteiger partial charge on any atom is -0.497 e. The number of carbonyl (C=O) groups excluding carboxylic acids is 2. The average Bonchev–Trinajstić information content (AvgIpc) is 3.63. The van der Waals surface area contributed by atoms with Crippen LogP contribution >= 0.6 is 0 Å². The molecule has 0 saturated heterocycles. The summed E-state index contributed by atoms with van der Waals surface area (Å²) in [4.78, 5) is 36.8. The number of nitrogens with one attached hydrogen (secondary N) is 2. The van der Waals surface area contributed by atoms with Crippen LogP contribution < -0.4 is 15.4 Å². The summed E-state index contributed by atoms with van der Waals surface area (Å²) in [6.45, 7) is 3.23. The fraction of sp³-hybridized carbons (Fsp3) is 0.296. The van der Waals surface area contributed by atoms with Gasteiger partial charge in [-0.05, 0) is 43.2 Å². The molecule has 5 rings (SSSR count). The number of rotatable bonds is 9. The van der Waals surface area contributed by atoms with E-state index in [-0.39, 0.29) is 18.3 Å². The van der Waals surface area contributed by atoms with Crippen molar-refractivity contribution in [2.45, 2.75) is 32.5 Å². The van der Waals surface area contributed by atoms with Crippen molar-refractivity contribution >= 4 is 23.7 Å². The van der Waals surface area contributed by atoms with E-state index in [1.165, 1.54) is 34.8 Å². The lowest BCUT2D eigenvalue weighted by atomic mass is 10.1. The molecule has 0 spiro atoms. The third-order valence-electron chi connectivity index (χ3n) is 6.87. The highest BCUT2D eigenvalue weighted by Crippen LogP contribution is 2.30. The van der Waals surface area contributed by atoms with Crippen LogP contribution in [0, 0.1) is 12.7 Å². The van der Waals surface area contributed by atoms with E-state index in [9.17, 15) is 19.1 Å². The van der Waals surface area contributed by atoms with Gasteiger partial charge in [-0.15, -0.1) is 0 Å². The molecule has 13 heteroatoms. The molecule has 12 nitrogen and oxygen atoms in total. The Bertz CT molecular complexity index is 1580. The smallest absolute Gasteiger partial charge is 0.329 e. The van der Waals surface area contributed by atoms with Gasteiger partial charge in [0.2, 0.25) is 11.9 Å². The Labute approximate surface area is 229 Å². The molecule has 0 unspecified atom stereocenters. The monoisotopic (exact) mass is 548 g/mol. The van der Waals surface area contributed by atoms with Gasteiger partial charge in [-0.3, -0.25) is 14.0 Å². The molecular weight excluding hydrogens is 519 g/mol. The molecule has 3 N–H and O–H groups in total. The number of aliphatic hydroxyl groups is 1. The maximum absolute atomic E-state index is 14.0. The van der Waals surface area contributed by atoms with Gasteiger partial charge < -0.3 is 25.4 Å². The van der Waals surface area contributed by atoms with Crippen LogP contribution in [0.5, 0.6) is 5.75 Å². The second-order valence-corrected chi connectivity index (χ2v) is 9.53. The minimum absolute atomic E-state index is 0.204. The number of aromatic nitrogens is 5. The summed E-state index contributed by atoms with van der Waals surface area (Å²) in [6.07, 6.45) is 5.06. The fourth-order valence-corrected chi connectivity index (χ4v) is 4.60. The maximum atomic E-state index is 14.0. The van der Waals surface area contributed by atoms with Crippen LogP contribution in [0.3, 0.4) is 0 Å². The number of fused-ring (bicyclic) bond motifs is 1. The van der Waals surface area contributed by atoms with Crippen molar-refractivity contribution < 1.29 is 23.8 Å². The molecule has 0 fully saturated rings.